The van der Waals surface area contributed by atoms with Crippen molar-refractivity contribution < 1.29 is 31.1 Å². The van der Waals surface area contributed by atoms with Crippen molar-refractivity contribution in [3.05, 3.63) is 53.4 Å². The van der Waals surface area contributed by atoms with Crippen molar-refractivity contribution in [1.29, 1.82) is 0 Å². The third-order valence-electron chi connectivity index (χ3n) is 4.10. The molecule has 1 saturated carbocycles. The Morgan fingerprint density at radius 2 is 2.00 bits per heavy atom. The molecule has 29 heavy (non-hydrogen) atoms. The van der Waals surface area contributed by atoms with Gasteiger partial charge >= 0.3 is 11.9 Å². The third-order valence-corrected chi connectivity index (χ3v) is 4.75. The van der Waals surface area contributed by atoms with Crippen LogP contribution in [-0.4, -0.2) is 31.6 Å². The molecule has 0 unspecified atom stereocenters. The van der Waals surface area contributed by atoms with Crippen LogP contribution in [0.25, 0.3) is 0 Å². The van der Waals surface area contributed by atoms with Gasteiger partial charge < -0.3 is 14.5 Å². The van der Waals surface area contributed by atoms with Gasteiger partial charge in [-0.15, -0.1) is 0 Å². The molecular weight excluding hydrogens is 406 g/mol. The van der Waals surface area contributed by atoms with E-state index in [1.165, 1.54) is 6.08 Å². The fraction of sp³-hybridized carbons (Fsp3) is 0.368. The van der Waals surface area contributed by atoms with E-state index in [0.29, 0.717) is 6.92 Å². The fourth-order valence-electron chi connectivity index (χ4n) is 2.53. The van der Waals surface area contributed by atoms with Gasteiger partial charge in [-0.2, -0.15) is 13.8 Å². The molecule has 1 N–H and O–H groups in total. The molecule has 1 aromatic carbocycles. The van der Waals surface area contributed by atoms with E-state index in [0.717, 1.165) is 24.5 Å². The van der Waals surface area contributed by atoms with Gasteiger partial charge in [0.15, 0.2) is 9.84 Å². The number of para-hydroxylation sites is 1. The first-order valence-corrected chi connectivity index (χ1v) is 10.8. The van der Waals surface area contributed by atoms with E-state index >= 15 is 0 Å². The van der Waals surface area contributed by atoms with Gasteiger partial charge in [0.05, 0.1) is 6.04 Å². The summed E-state index contributed by atoms with van der Waals surface area (Å²) in [6.45, 7) is 0.592. The third kappa shape index (κ3) is 5.86. The number of hydrogen-bond donors (Lipinski definition) is 1. The van der Waals surface area contributed by atoms with Gasteiger partial charge in [-0.1, -0.05) is 24.3 Å². The van der Waals surface area contributed by atoms with E-state index in [-0.39, 0.29) is 11.7 Å². The molecule has 1 aliphatic carbocycles. The summed E-state index contributed by atoms with van der Waals surface area (Å²) in [6, 6.07) is 7.62. The van der Waals surface area contributed by atoms with Crippen LogP contribution < -0.4 is 10.1 Å². The summed E-state index contributed by atoms with van der Waals surface area (Å²) in [5.41, 5.74) is -0.441. The Kier molecular flexibility index (Phi) is 5.74. The number of sulfone groups is 1. The van der Waals surface area contributed by atoms with Crippen molar-refractivity contribution in [2.45, 2.75) is 31.7 Å². The number of amides is 1. The number of nitrogens with one attached hydrogen (secondary N) is 1. The quantitative estimate of drug-likeness (QED) is 0.692. The minimum absolute atomic E-state index is 0.0643. The van der Waals surface area contributed by atoms with Gasteiger partial charge in [-0.25, -0.2) is 8.42 Å². The molecule has 1 heterocycles. The van der Waals surface area contributed by atoms with Gasteiger partial charge in [-0.05, 0) is 30.9 Å². The van der Waals surface area contributed by atoms with Crippen LogP contribution >= 0.6 is 0 Å². The molecule has 1 atom stereocenters. The molecular formula is C19H20F2N2O5S. The first kappa shape index (κ1) is 21.0. The second-order valence-corrected chi connectivity index (χ2v) is 8.88. The van der Waals surface area contributed by atoms with E-state index in [2.05, 4.69) is 10.3 Å². The number of benzene rings is 1. The van der Waals surface area contributed by atoms with Crippen LogP contribution in [-0.2, 0) is 15.8 Å². The Morgan fingerprint density at radius 3 is 2.55 bits per heavy atom. The number of oxazole rings is 1. The molecule has 1 fully saturated rings. The maximum Gasteiger partial charge on any atom is 0.324 e. The van der Waals surface area contributed by atoms with Crippen molar-refractivity contribution >= 4 is 15.7 Å². The largest absolute Gasteiger partial charge is 0.424 e. The molecule has 156 valence electrons. The Balaban J connectivity index is 1.88. The Bertz CT molecular complexity index is 1010. The Hall–Kier alpha value is -2.75. The highest BCUT2D eigenvalue weighted by atomic mass is 32.2. The second kappa shape index (κ2) is 7.94. The number of carbonyl (C=O) groups excluding carboxylic acids is 1. The zero-order chi connectivity index (χ0) is 21.2. The zero-order valence-electron chi connectivity index (χ0n) is 15.8. The van der Waals surface area contributed by atoms with Gasteiger partial charge in [0.25, 0.3) is 11.8 Å². The number of nitrogens with zero attached hydrogens (tertiary/aromatic N) is 1. The van der Waals surface area contributed by atoms with Crippen molar-refractivity contribution in [2.75, 3.05) is 6.26 Å². The number of aromatic nitrogens is 1. The standard InChI is InChI=1S/C19H20F2N2O5S/c1-19(20,21)18-23-15(17(28-18)27-13-6-4-3-5-7-13)16(24)22-14(12-8-9-12)10-11-29(2,25)26/h3-7,10-12,14H,8-9H2,1-2H3,(H,22,24)/b11-10+/t14-/m1/s1. The van der Waals surface area contributed by atoms with Crippen LogP contribution in [0, 0.1) is 5.92 Å². The molecule has 3 rings (SSSR count). The Morgan fingerprint density at radius 1 is 1.34 bits per heavy atom. The highest BCUT2D eigenvalue weighted by molar-refractivity contribution is 7.93. The van der Waals surface area contributed by atoms with E-state index < -0.39 is 45.2 Å². The predicted octanol–water partition coefficient (Wildman–Crippen LogP) is 3.65. The normalized spacial score (nSPS) is 16.0. The van der Waals surface area contributed by atoms with Crippen LogP contribution in [0.1, 0.15) is 36.1 Å². The maximum absolute atomic E-state index is 13.7. The van der Waals surface area contributed by atoms with Crippen LogP contribution in [0.4, 0.5) is 8.78 Å². The molecule has 1 aromatic heterocycles. The van der Waals surface area contributed by atoms with Gasteiger partial charge in [0, 0.05) is 18.6 Å². The van der Waals surface area contributed by atoms with Crippen molar-refractivity contribution in [2.24, 2.45) is 5.92 Å². The van der Waals surface area contributed by atoms with Gasteiger partial charge in [-0.3, -0.25) is 4.79 Å². The lowest BCUT2D eigenvalue weighted by molar-refractivity contribution is -0.0128. The van der Waals surface area contributed by atoms with Crippen molar-refractivity contribution in [3.63, 3.8) is 0 Å². The van der Waals surface area contributed by atoms with E-state index in [1.807, 2.05) is 0 Å². The molecule has 0 saturated heterocycles. The molecule has 0 spiro atoms. The predicted molar refractivity (Wildman–Crippen MR) is 101 cm³/mol. The van der Waals surface area contributed by atoms with Crippen LogP contribution in [0.3, 0.4) is 0 Å². The number of ether oxygens (including phenoxy) is 1. The van der Waals surface area contributed by atoms with E-state index in [4.69, 9.17) is 9.15 Å². The van der Waals surface area contributed by atoms with E-state index in [1.54, 1.807) is 30.3 Å². The average Bonchev–Trinajstić information content (AvgIpc) is 3.37. The summed E-state index contributed by atoms with van der Waals surface area (Å²) in [5.74, 6) is -5.30. The summed E-state index contributed by atoms with van der Waals surface area (Å²) < 4.78 is 60.6. The van der Waals surface area contributed by atoms with E-state index in [9.17, 15) is 22.0 Å². The second-order valence-electron chi connectivity index (χ2n) is 6.95. The number of carbonyl (C=O) groups is 1. The summed E-state index contributed by atoms with van der Waals surface area (Å²) in [4.78, 5) is 16.3. The zero-order valence-corrected chi connectivity index (χ0v) is 16.6. The molecule has 0 bridgehead atoms. The topological polar surface area (TPSA) is 98.5 Å². The van der Waals surface area contributed by atoms with Crippen LogP contribution in [0.15, 0.2) is 46.2 Å². The summed E-state index contributed by atoms with van der Waals surface area (Å²) >= 11 is 0. The van der Waals surface area contributed by atoms with Gasteiger partial charge in [0.2, 0.25) is 5.69 Å². The minimum Gasteiger partial charge on any atom is -0.424 e. The molecule has 0 aliphatic heterocycles. The van der Waals surface area contributed by atoms with Crippen LogP contribution in [0.5, 0.6) is 11.7 Å². The lowest BCUT2D eigenvalue weighted by Crippen LogP contribution is -2.35. The van der Waals surface area contributed by atoms with Crippen LogP contribution in [0.2, 0.25) is 0 Å². The Labute approximate surface area is 166 Å². The number of halogens is 2. The smallest absolute Gasteiger partial charge is 0.324 e. The van der Waals surface area contributed by atoms with Crippen molar-refractivity contribution in [3.8, 4) is 11.7 Å². The number of hydrogen-bond acceptors (Lipinski definition) is 6. The summed E-state index contributed by atoms with van der Waals surface area (Å²) in [6.07, 6.45) is 4.03. The molecule has 1 amide bonds. The number of alkyl halides is 2. The molecule has 0 radical (unpaired) electrons. The average molecular weight is 426 g/mol. The van der Waals surface area contributed by atoms with Gasteiger partial charge in [0.1, 0.15) is 5.75 Å². The maximum atomic E-state index is 13.7. The SMILES string of the molecule is CC(F)(F)c1nc(C(=O)N[C@H](/C=C/S(C)(=O)=O)C2CC2)c(Oc2ccccc2)o1. The summed E-state index contributed by atoms with van der Waals surface area (Å²) in [7, 11) is -3.38. The monoisotopic (exact) mass is 426 g/mol. The highest BCUT2D eigenvalue weighted by Crippen LogP contribution is 2.36. The molecule has 1 aliphatic rings. The highest BCUT2D eigenvalue weighted by Gasteiger charge is 2.37. The fourth-order valence-corrected chi connectivity index (χ4v) is 2.98. The minimum atomic E-state index is -3.42. The lowest BCUT2D eigenvalue weighted by atomic mass is 10.2. The first-order valence-electron chi connectivity index (χ1n) is 8.84. The van der Waals surface area contributed by atoms with Crippen molar-refractivity contribution in [1.82, 2.24) is 10.3 Å². The molecule has 7 nitrogen and oxygen atoms in total. The number of rotatable bonds is 8. The summed E-state index contributed by atoms with van der Waals surface area (Å²) in [5, 5.41) is 3.63. The lowest BCUT2D eigenvalue weighted by Gasteiger charge is -2.13. The molecule has 10 heteroatoms. The first-order chi connectivity index (χ1) is 13.5. The molecule has 2 aromatic rings.